The minimum Gasteiger partial charge on any atom is -0.494 e. The van der Waals surface area contributed by atoms with Crippen molar-refractivity contribution in [3.8, 4) is 23.3 Å². The van der Waals surface area contributed by atoms with E-state index in [0.717, 1.165) is 29.7 Å². The van der Waals surface area contributed by atoms with Crippen molar-refractivity contribution in [1.82, 2.24) is 24.0 Å². The average molecular weight is 496 g/mol. The molecule has 0 spiro atoms. The maximum Gasteiger partial charge on any atom is 0.254 e. The number of ether oxygens (including phenoxy) is 1. The summed E-state index contributed by atoms with van der Waals surface area (Å²) < 4.78 is 9.66. The van der Waals surface area contributed by atoms with Crippen molar-refractivity contribution >= 4 is 16.9 Å². The molecule has 2 bridgehead atoms. The number of benzene rings is 1. The van der Waals surface area contributed by atoms with E-state index in [1.165, 1.54) is 0 Å². The minimum atomic E-state index is -0.0273. The fourth-order valence-electron chi connectivity index (χ4n) is 6.04. The molecule has 1 aromatic carbocycles. The molecule has 4 aromatic rings. The van der Waals surface area contributed by atoms with Gasteiger partial charge in [-0.15, -0.1) is 0 Å². The van der Waals surface area contributed by atoms with Crippen molar-refractivity contribution in [2.45, 2.75) is 37.9 Å². The summed E-state index contributed by atoms with van der Waals surface area (Å²) in [4.78, 5) is 24.8. The fourth-order valence-corrected chi connectivity index (χ4v) is 6.04. The Labute approximate surface area is 215 Å². The maximum absolute atomic E-state index is 13.5. The number of carbonyl (C=O) groups is 1. The molecule has 1 amide bonds. The third kappa shape index (κ3) is 3.76. The van der Waals surface area contributed by atoms with E-state index in [9.17, 15) is 10.1 Å². The van der Waals surface area contributed by atoms with Gasteiger partial charge in [-0.05, 0) is 55.2 Å². The maximum atomic E-state index is 13.5. The van der Waals surface area contributed by atoms with Gasteiger partial charge >= 0.3 is 0 Å². The second-order valence-electron chi connectivity index (χ2n) is 9.92. The zero-order valence-corrected chi connectivity index (χ0v) is 21.0. The first kappa shape index (κ1) is 23.3. The number of imidazole rings is 1. The van der Waals surface area contributed by atoms with Gasteiger partial charge in [0.1, 0.15) is 23.0 Å². The van der Waals surface area contributed by atoms with Crippen LogP contribution in [-0.2, 0) is 20.0 Å². The van der Waals surface area contributed by atoms with E-state index in [2.05, 4.69) is 11.1 Å². The lowest BCUT2D eigenvalue weighted by Gasteiger charge is -2.27. The first-order chi connectivity index (χ1) is 18.0. The number of nitrogens with two attached hydrogens (primary N) is 1. The Kier molecular flexibility index (Phi) is 5.69. The van der Waals surface area contributed by atoms with Gasteiger partial charge in [-0.25, -0.2) is 4.98 Å². The van der Waals surface area contributed by atoms with E-state index >= 15 is 0 Å². The van der Waals surface area contributed by atoms with Crippen molar-refractivity contribution in [3.05, 3.63) is 65.6 Å². The highest BCUT2D eigenvalue weighted by Gasteiger charge is 2.47. The van der Waals surface area contributed by atoms with Crippen LogP contribution in [0.2, 0.25) is 0 Å². The molecule has 4 heterocycles. The third-order valence-corrected chi connectivity index (χ3v) is 7.96. The molecule has 1 aliphatic heterocycles. The van der Waals surface area contributed by atoms with Crippen LogP contribution < -0.4 is 10.5 Å². The first-order valence-corrected chi connectivity index (χ1v) is 12.6. The molecule has 1 saturated carbocycles. The number of likely N-dealkylation sites (tertiary alicyclic amines) is 1. The van der Waals surface area contributed by atoms with E-state index in [4.69, 9.17) is 15.5 Å². The van der Waals surface area contributed by atoms with E-state index in [-0.39, 0.29) is 18.0 Å². The Morgan fingerprint density at radius 2 is 2.11 bits per heavy atom. The van der Waals surface area contributed by atoms with Crippen LogP contribution in [0.4, 0.5) is 0 Å². The molecule has 188 valence electrons. The van der Waals surface area contributed by atoms with E-state index in [0.29, 0.717) is 53.8 Å². The topological polar surface area (TPSA) is 115 Å². The van der Waals surface area contributed by atoms with Crippen LogP contribution in [0.3, 0.4) is 0 Å². The van der Waals surface area contributed by atoms with Crippen molar-refractivity contribution in [2.24, 2.45) is 18.7 Å². The van der Waals surface area contributed by atoms with Gasteiger partial charge in [0.05, 0.1) is 18.3 Å². The van der Waals surface area contributed by atoms with E-state index < -0.39 is 0 Å². The van der Waals surface area contributed by atoms with Gasteiger partial charge in [-0.3, -0.25) is 9.78 Å². The Morgan fingerprint density at radius 3 is 2.78 bits per heavy atom. The van der Waals surface area contributed by atoms with Gasteiger partial charge in [0.15, 0.2) is 5.82 Å². The highest BCUT2D eigenvalue weighted by molar-refractivity contribution is 6.00. The van der Waals surface area contributed by atoms with Crippen molar-refractivity contribution in [1.29, 1.82) is 5.26 Å². The number of fused-ring (bicyclic) bond motifs is 3. The summed E-state index contributed by atoms with van der Waals surface area (Å²) in [6.07, 6.45) is 4.51. The summed E-state index contributed by atoms with van der Waals surface area (Å²) in [7, 11) is 3.53. The predicted molar refractivity (Wildman–Crippen MR) is 139 cm³/mol. The number of amides is 1. The quantitative estimate of drug-likeness (QED) is 0.440. The summed E-state index contributed by atoms with van der Waals surface area (Å²) in [6, 6.07) is 15.6. The molecular formula is C28H29N7O2. The Balaban J connectivity index is 1.38. The van der Waals surface area contributed by atoms with Gasteiger partial charge in [0, 0.05) is 56.1 Å². The number of carbonyl (C=O) groups excluding carboxylic acids is 1. The number of piperidine rings is 1. The van der Waals surface area contributed by atoms with Crippen molar-refractivity contribution < 1.29 is 9.53 Å². The molecule has 37 heavy (non-hydrogen) atoms. The van der Waals surface area contributed by atoms with Gasteiger partial charge in [-0.1, -0.05) is 6.07 Å². The van der Waals surface area contributed by atoms with Crippen LogP contribution in [0.1, 0.15) is 34.6 Å². The SMILES string of the molecule is COc1cc(C(=O)N2C[C@H]3CC[C@@H]2[C@@H]3N)cc2nc(-c3ccc(C#N)n3CCc3ccccn3)n(C)c12. The molecule has 9 nitrogen and oxygen atoms in total. The molecular weight excluding hydrogens is 466 g/mol. The standard InChI is InChI=1S/C28H29N7O2/c1-33-26-21(13-18(14-24(26)37-2)28(36)35-16-17-6-8-22(35)25(17)30)32-27(33)23-9-7-20(15-29)34(23)12-10-19-5-3-4-11-31-19/h3-5,7,9,11,13-14,17,22,25H,6,8,10,12,16,30H2,1-2H3/t17-,22-,25-/m1/s1. The summed E-state index contributed by atoms with van der Waals surface area (Å²) in [5.41, 5.74) is 10.7. The number of pyridine rings is 1. The lowest BCUT2D eigenvalue weighted by Crippen LogP contribution is -2.41. The number of aromatic nitrogens is 4. The largest absolute Gasteiger partial charge is 0.494 e. The van der Waals surface area contributed by atoms with E-state index in [1.807, 2.05) is 57.5 Å². The second kappa shape index (κ2) is 9.05. The van der Waals surface area contributed by atoms with Gasteiger partial charge in [-0.2, -0.15) is 5.26 Å². The average Bonchev–Trinajstić information content (AvgIpc) is 3.68. The van der Waals surface area contributed by atoms with Crippen molar-refractivity contribution in [2.75, 3.05) is 13.7 Å². The lowest BCUT2D eigenvalue weighted by molar-refractivity contribution is 0.0700. The normalized spacial score (nSPS) is 20.5. The van der Waals surface area contributed by atoms with Crippen LogP contribution in [0.5, 0.6) is 5.75 Å². The molecule has 2 fully saturated rings. The Hall–Kier alpha value is -4.16. The molecule has 1 aliphatic carbocycles. The molecule has 2 N–H and O–H groups in total. The number of aryl methyl sites for hydroxylation is 2. The molecule has 3 aromatic heterocycles. The fraction of sp³-hybridized carbons (Fsp3) is 0.357. The van der Waals surface area contributed by atoms with Crippen molar-refractivity contribution in [3.63, 3.8) is 0 Å². The molecule has 3 atom stereocenters. The van der Waals surface area contributed by atoms with Crippen LogP contribution >= 0.6 is 0 Å². The number of hydrogen-bond donors (Lipinski definition) is 1. The van der Waals surface area contributed by atoms with Crippen LogP contribution in [-0.4, -0.2) is 55.6 Å². The molecule has 6 rings (SSSR count). The number of hydrogen-bond acceptors (Lipinski definition) is 6. The number of methoxy groups -OCH3 is 1. The predicted octanol–water partition coefficient (Wildman–Crippen LogP) is 3.12. The molecule has 1 saturated heterocycles. The molecule has 2 aliphatic rings. The smallest absolute Gasteiger partial charge is 0.254 e. The lowest BCUT2D eigenvalue weighted by atomic mass is 10.1. The summed E-state index contributed by atoms with van der Waals surface area (Å²) in [5, 5.41) is 9.75. The number of nitrogens with zero attached hydrogens (tertiary/aromatic N) is 6. The molecule has 0 radical (unpaired) electrons. The van der Waals surface area contributed by atoms with Gasteiger partial charge in [0.2, 0.25) is 0 Å². The summed E-state index contributed by atoms with van der Waals surface area (Å²) in [6.45, 7) is 1.29. The summed E-state index contributed by atoms with van der Waals surface area (Å²) >= 11 is 0. The highest BCUT2D eigenvalue weighted by Crippen LogP contribution is 2.39. The number of nitriles is 1. The zero-order chi connectivity index (χ0) is 25.7. The minimum absolute atomic E-state index is 0.0273. The summed E-state index contributed by atoms with van der Waals surface area (Å²) in [5.74, 6) is 1.64. The second-order valence-corrected chi connectivity index (χ2v) is 9.92. The Bertz CT molecular complexity index is 1530. The van der Waals surface area contributed by atoms with Gasteiger partial charge < -0.3 is 24.5 Å². The number of rotatable bonds is 6. The van der Waals surface area contributed by atoms with Crippen LogP contribution in [0.15, 0.2) is 48.7 Å². The zero-order valence-electron chi connectivity index (χ0n) is 21.0. The van der Waals surface area contributed by atoms with E-state index in [1.54, 1.807) is 19.4 Å². The molecule has 9 heteroatoms. The van der Waals surface area contributed by atoms with Gasteiger partial charge in [0.25, 0.3) is 5.91 Å². The van der Waals surface area contributed by atoms with Crippen LogP contribution in [0.25, 0.3) is 22.6 Å². The highest BCUT2D eigenvalue weighted by atomic mass is 16.5. The first-order valence-electron chi connectivity index (χ1n) is 12.6. The third-order valence-electron chi connectivity index (χ3n) is 7.96. The van der Waals surface area contributed by atoms with Crippen LogP contribution in [0, 0.1) is 17.2 Å². The molecule has 0 unspecified atom stereocenters. The Morgan fingerprint density at radius 1 is 1.24 bits per heavy atom. The monoisotopic (exact) mass is 495 g/mol.